The maximum Gasteiger partial charge on any atom is 0.241 e. The molecular formula is C22H29N3O2. The number of nitrogens with one attached hydrogen (secondary N) is 2. The smallest absolute Gasteiger partial charge is 0.241 e. The summed E-state index contributed by atoms with van der Waals surface area (Å²) in [4.78, 5) is 27.1. The van der Waals surface area contributed by atoms with Crippen molar-refractivity contribution in [1.29, 1.82) is 0 Å². The average molecular weight is 367 g/mol. The van der Waals surface area contributed by atoms with Crippen LogP contribution in [0.1, 0.15) is 31.4 Å². The molecule has 0 aromatic heterocycles. The minimum Gasteiger partial charge on any atom is -0.325 e. The molecule has 2 aromatic rings. The van der Waals surface area contributed by atoms with Crippen molar-refractivity contribution in [2.24, 2.45) is 0 Å². The summed E-state index contributed by atoms with van der Waals surface area (Å²) in [5, 5.41) is 5.91. The largest absolute Gasteiger partial charge is 0.325 e. The summed E-state index contributed by atoms with van der Waals surface area (Å²) < 4.78 is 0. The average Bonchev–Trinajstić information content (AvgIpc) is 2.64. The van der Waals surface area contributed by atoms with Crippen LogP contribution >= 0.6 is 0 Å². The zero-order chi connectivity index (χ0) is 19.8. The SMILES string of the molecule is CCCN(CC(=O)Nc1c(C)cccc1C)C(C)C(=O)Nc1ccccc1. The normalized spacial score (nSPS) is 11.9. The van der Waals surface area contributed by atoms with Crippen molar-refractivity contribution in [3.63, 3.8) is 0 Å². The molecule has 0 saturated heterocycles. The van der Waals surface area contributed by atoms with E-state index in [0.717, 1.165) is 28.9 Å². The highest BCUT2D eigenvalue weighted by molar-refractivity contribution is 5.96. The van der Waals surface area contributed by atoms with E-state index in [-0.39, 0.29) is 18.4 Å². The summed E-state index contributed by atoms with van der Waals surface area (Å²) in [6, 6.07) is 14.9. The van der Waals surface area contributed by atoms with Gasteiger partial charge in [0.15, 0.2) is 0 Å². The second kappa shape index (κ2) is 9.88. The van der Waals surface area contributed by atoms with E-state index in [0.29, 0.717) is 6.54 Å². The van der Waals surface area contributed by atoms with Gasteiger partial charge in [-0.25, -0.2) is 0 Å². The van der Waals surface area contributed by atoms with E-state index in [4.69, 9.17) is 0 Å². The second-order valence-corrected chi connectivity index (χ2v) is 6.82. The zero-order valence-corrected chi connectivity index (χ0v) is 16.6. The molecule has 0 aliphatic carbocycles. The van der Waals surface area contributed by atoms with Gasteiger partial charge in [-0.2, -0.15) is 0 Å². The van der Waals surface area contributed by atoms with Crippen LogP contribution in [0.5, 0.6) is 0 Å². The Labute approximate surface area is 161 Å². The fourth-order valence-corrected chi connectivity index (χ4v) is 3.01. The lowest BCUT2D eigenvalue weighted by atomic mass is 10.1. The molecule has 2 rings (SSSR count). The standard InChI is InChI=1S/C22H29N3O2/c1-5-14-25(18(4)22(27)23-19-12-7-6-8-13-19)15-20(26)24-21-16(2)10-9-11-17(21)3/h6-13,18H,5,14-15H2,1-4H3,(H,23,27)(H,24,26). The van der Waals surface area contributed by atoms with Crippen LogP contribution in [-0.2, 0) is 9.59 Å². The summed E-state index contributed by atoms with van der Waals surface area (Å²) in [7, 11) is 0. The fraction of sp³-hybridized carbons (Fsp3) is 0.364. The Kier molecular flexibility index (Phi) is 7.55. The maximum atomic E-state index is 12.6. The second-order valence-electron chi connectivity index (χ2n) is 6.82. The van der Waals surface area contributed by atoms with Gasteiger partial charge in [0, 0.05) is 11.4 Å². The van der Waals surface area contributed by atoms with E-state index in [2.05, 4.69) is 10.6 Å². The Hall–Kier alpha value is -2.66. The number of para-hydroxylation sites is 2. The molecule has 0 saturated carbocycles. The van der Waals surface area contributed by atoms with E-state index in [1.807, 2.05) is 81.1 Å². The molecule has 0 radical (unpaired) electrons. The predicted molar refractivity (Wildman–Crippen MR) is 111 cm³/mol. The molecule has 0 spiro atoms. The van der Waals surface area contributed by atoms with Crippen LogP contribution < -0.4 is 10.6 Å². The molecule has 0 aliphatic rings. The van der Waals surface area contributed by atoms with Crippen LogP contribution in [0, 0.1) is 13.8 Å². The van der Waals surface area contributed by atoms with Crippen LogP contribution in [0.25, 0.3) is 0 Å². The molecule has 0 heterocycles. The summed E-state index contributed by atoms with van der Waals surface area (Å²) >= 11 is 0. The van der Waals surface area contributed by atoms with Crippen LogP contribution in [0.3, 0.4) is 0 Å². The Balaban J connectivity index is 2.03. The minimum absolute atomic E-state index is 0.111. The van der Waals surface area contributed by atoms with Gasteiger partial charge >= 0.3 is 0 Å². The highest BCUT2D eigenvalue weighted by Crippen LogP contribution is 2.19. The Morgan fingerprint density at radius 1 is 0.963 bits per heavy atom. The molecule has 144 valence electrons. The number of nitrogens with zero attached hydrogens (tertiary/aromatic N) is 1. The Morgan fingerprint density at radius 2 is 1.59 bits per heavy atom. The van der Waals surface area contributed by atoms with E-state index >= 15 is 0 Å². The number of hydrogen-bond donors (Lipinski definition) is 2. The lowest BCUT2D eigenvalue weighted by molar-refractivity contribution is -0.123. The number of anilines is 2. The third-order valence-corrected chi connectivity index (χ3v) is 4.57. The van der Waals surface area contributed by atoms with Crippen LogP contribution in [0.4, 0.5) is 11.4 Å². The summed E-state index contributed by atoms with van der Waals surface area (Å²) in [5.74, 6) is -0.227. The van der Waals surface area contributed by atoms with Crippen molar-refractivity contribution in [1.82, 2.24) is 4.90 Å². The van der Waals surface area contributed by atoms with Gasteiger partial charge < -0.3 is 10.6 Å². The molecule has 2 N–H and O–H groups in total. The summed E-state index contributed by atoms with van der Waals surface area (Å²) in [6.07, 6.45) is 0.861. The minimum atomic E-state index is -0.408. The van der Waals surface area contributed by atoms with Gasteiger partial charge in [0.05, 0.1) is 12.6 Å². The van der Waals surface area contributed by atoms with Gasteiger partial charge in [0.2, 0.25) is 11.8 Å². The van der Waals surface area contributed by atoms with E-state index in [1.165, 1.54) is 0 Å². The number of rotatable bonds is 8. The Bertz CT molecular complexity index is 754. The fourth-order valence-electron chi connectivity index (χ4n) is 3.01. The number of carbonyl (C=O) groups is 2. The third kappa shape index (κ3) is 5.93. The van der Waals surface area contributed by atoms with Crippen LogP contribution in [0.15, 0.2) is 48.5 Å². The van der Waals surface area contributed by atoms with E-state index in [9.17, 15) is 9.59 Å². The summed E-state index contributed by atoms with van der Waals surface area (Å²) in [6.45, 7) is 8.66. The molecule has 0 aliphatic heterocycles. The molecule has 5 nitrogen and oxygen atoms in total. The van der Waals surface area contributed by atoms with Gasteiger partial charge in [-0.15, -0.1) is 0 Å². The van der Waals surface area contributed by atoms with Crippen molar-refractivity contribution in [3.8, 4) is 0 Å². The zero-order valence-electron chi connectivity index (χ0n) is 16.6. The number of aryl methyl sites for hydroxylation is 2. The van der Waals surface area contributed by atoms with Gasteiger partial charge in [-0.1, -0.05) is 43.3 Å². The van der Waals surface area contributed by atoms with Gasteiger partial charge in [-0.05, 0) is 57.0 Å². The van der Waals surface area contributed by atoms with E-state index in [1.54, 1.807) is 0 Å². The van der Waals surface area contributed by atoms with Crippen molar-refractivity contribution < 1.29 is 9.59 Å². The van der Waals surface area contributed by atoms with Gasteiger partial charge in [0.25, 0.3) is 0 Å². The topological polar surface area (TPSA) is 61.4 Å². The van der Waals surface area contributed by atoms with Crippen molar-refractivity contribution in [2.75, 3.05) is 23.7 Å². The molecule has 1 atom stereocenters. The number of amides is 2. The van der Waals surface area contributed by atoms with Gasteiger partial charge in [0.1, 0.15) is 0 Å². The first-order chi connectivity index (χ1) is 12.9. The van der Waals surface area contributed by atoms with Crippen molar-refractivity contribution >= 4 is 23.2 Å². The first kappa shape index (κ1) is 20.6. The van der Waals surface area contributed by atoms with Crippen LogP contribution in [0.2, 0.25) is 0 Å². The van der Waals surface area contributed by atoms with E-state index < -0.39 is 6.04 Å². The quantitative estimate of drug-likeness (QED) is 0.742. The molecule has 5 heteroatoms. The molecule has 2 aromatic carbocycles. The lowest BCUT2D eigenvalue weighted by Crippen LogP contribution is -2.46. The maximum absolute atomic E-state index is 12.6. The lowest BCUT2D eigenvalue weighted by Gasteiger charge is -2.27. The predicted octanol–water partition coefficient (Wildman–Crippen LogP) is 3.98. The number of benzene rings is 2. The summed E-state index contributed by atoms with van der Waals surface area (Å²) in [5.41, 5.74) is 3.66. The number of carbonyl (C=O) groups excluding carboxylic acids is 2. The Morgan fingerprint density at radius 3 is 2.19 bits per heavy atom. The highest BCUT2D eigenvalue weighted by Gasteiger charge is 2.23. The molecular weight excluding hydrogens is 338 g/mol. The van der Waals surface area contributed by atoms with Crippen LogP contribution in [-0.4, -0.2) is 35.8 Å². The van der Waals surface area contributed by atoms with Crippen molar-refractivity contribution in [2.45, 2.75) is 40.2 Å². The van der Waals surface area contributed by atoms with Crippen molar-refractivity contribution in [3.05, 3.63) is 59.7 Å². The van der Waals surface area contributed by atoms with Gasteiger partial charge in [-0.3, -0.25) is 14.5 Å². The molecule has 27 heavy (non-hydrogen) atoms. The highest BCUT2D eigenvalue weighted by atomic mass is 16.2. The number of hydrogen-bond acceptors (Lipinski definition) is 3. The monoisotopic (exact) mass is 367 g/mol. The molecule has 1 unspecified atom stereocenters. The third-order valence-electron chi connectivity index (χ3n) is 4.57. The molecule has 0 fully saturated rings. The first-order valence-corrected chi connectivity index (χ1v) is 9.38. The molecule has 2 amide bonds. The molecule has 0 bridgehead atoms. The first-order valence-electron chi connectivity index (χ1n) is 9.38.